The van der Waals surface area contributed by atoms with Gasteiger partial charge in [-0.05, 0) is 13.0 Å². The molecule has 1 aromatic carbocycles. The van der Waals surface area contributed by atoms with Crippen LogP contribution in [-0.2, 0) is 4.79 Å². The summed E-state index contributed by atoms with van der Waals surface area (Å²) in [7, 11) is 0. The minimum absolute atomic E-state index is 0.0488. The SMILES string of the molecule is Cc1c(F)cc(F)cc1NC(=O)CC#N. The van der Waals surface area contributed by atoms with Crippen LogP contribution in [0, 0.1) is 29.9 Å². The average Bonchev–Trinajstić information content (AvgIpc) is 2.13. The molecule has 0 atom stereocenters. The molecule has 0 aliphatic rings. The molecule has 0 saturated carbocycles. The molecule has 1 aromatic rings. The van der Waals surface area contributed by atoms with Crippen LogP contribution in [0.5, 0.6) is 0 Å². The molecular weight excluding hydrogens is 202 g/mol. The van der Waals surface area contributed by atoms with Gasteiger partial charge in [0.2, 0.25) is 5.91 Å². The first-order valence-corrected chi connectivity index (χ1v) is 4.17. The number of carbonyl (C=O) groups excluding carboxylic acids is 1. The number of hydrogen-bond donors (Lipinski definition) is 1. The molecule has 0 aromatic heterocycles. The summed E-state index contributed by atoms with van der Waals surface area (Å²) < 4.78 is 25.8. The Morgan fingerprint density at radius 3 is 2.80 bits per heavy atom. The third-order valence-corrected chi connectivity index (χ3v) is 1.82. The number of rotatable bonds is 2. The Morgan fingerprint density at radius 1 is 1.53 bits per heavy atom. The van der Waals surface area contributed by atoms with Gasteiger partial charge >= 0.3 is 0 Å². The van der Waals surface area contributed by atoms with Crippen molar-refractivity contribution in [1.82, 2.24) is 0 Å². The summed E-state index contributed by atoms with van der Waals surface area (Å²) in [6.45, 7) is 1.41. The lowest BCUT2D eigenvalue weighted by Gasteiger charge is -2.07. The molecule has 15 heavy (non-hydrogen) atoms. The highest BCUT2D eigenvalue weighted by Gasteiger charge is 2.09. The summed E-state index contributed by atoms with van der Waals surface area (Å²) in [5, 5.41) is 10.5. The van der Waals surface area contributed by atoms with Crippen molar-refractivity contribution in [3.05, 3.63) is 29.3 Å². The van der Waals surface area contributed by atoms with Gasteiger partial charge in [0.25, 0.3) is 0 Å². The third kappa shape index (κ3) is 2.74. The number of nitrogens with one attached hydrogen (secondary N) is 1. The van der Waals surface area contributed by atoms with Crippen molar-refractivity contribution in [3.8, 4) is 6.07 Å². The summed E-state index contributed by atoms with van der Waals surface area (Å²) in [5.74, 6) is -2.10. The first kappa shape index (κ1) is 11.1. The zero-order valence-electron chi connectivity index (χ0n) is 7.97. The second kappa shape index (κ2) is 4.51. The van der Waals surface area contributed by atoms with Gasteiger partial charge in [-0.25, -0.2) is 8.78 Å². The maximum atomic E-state index is 13.0. The normalized spacial score (nSPS) is 9.47. The second-order valence-corrected chi connectivity index (χ2v) is 2.94. The van der Waals surface area contributed by atoms with E-state index in [-0.39, 0.29) is 17.7 Å². The van der Waals surface area contributed by atoms with E-state index in [9.17, 15) is 13.6 Å². The lowest BCUT2D eigenvalue weighted by Crippen LogP contribution is -2.12. The van der Waals surface area contributed by atoms with E-state index < -0.39 is 17.5 Å². The quantitative estimate of drug-likeness (QED) is 0.812. The van der Waals surface area contributed by atoms with Gasteiger partial charge in [-0.3, -0.25) is 4.79 Å². The number of anilines is 1. The molecule has 3 nitrogen and oxygen atoms in total. The minimum atomic E-state index is -0.773. The molecular formula is C10H8F2N2O. The van der Waals surface area contributed by atoms with Gasteiger partial charge in [-0.1, -0.05) is 0 Å². The number of benzene rings is 1. The number of hydrogen-bond acceptors (Lipinski definition) is 2. The monoisotopic (exact) mass is 210 g/mol. The van der Waals surface area contributed by atoms with Crippen LogP contribution in [0.2, 0.25) is 0 Å². The minimum Gasteiger partial charge on any atom is -0.325 e. The maximum Gasteiger partial charge on any atom is 0.238 e. The number of halogens is 2. The lowest BCUT2D eigenvalue weighted by atomic mass is 10.2. The summed E-state index contributed by atoms with van der Waals surface area (Å²) in [5.41, 5.74) is 0.190. The molecule has 0 bridgehead atoms. The first-order valence-electron chi connectivity index (χ1n) is 4.17. The van der Waals surface area contributed by atoms with Crippen LogP contribution in [0.3, 0.4) is 0 Å². The van der Waals surface area contributed by atoms with Crippen LogP contribution in [0.25, 0.3) is 0 Å². The van der Waals surface area contributed by atoms with E-state index in [1.54, 1.807) is 6.07 Å². The summed E-state index contributed by atoms with van der Waals surface area (Å²) in [6, 6.07) is 3.38. The maximum absolute atomic E-state index is 13.0. The van der Waals surface area contributed by atoms with Gasteiger partial charge in [-0.15, -0.1) is 0 Å². The highest BCUT2D eigenvalue weighted by atomic mass is 19.1. The second-order valence-electron chi connectivity index (χ2n) is 2.94. The van der Waals surface area contributed by atoms with Crippen molar-refractivity contribution >= 4 is 11.6 Å². The fourth-order valence-corrected chi connectivity index (χ4v) is 1.04. The van der Waals surface area contributed by atoms with E-state index in [1.807, 2.05) is 0 Å². The Kier molecular flexibility index (Phi) is 3.34. The van der Waals surface area contributed by atoms with Gasteiger partial charge in [0.05, 0.1) is 6.07 Å². The zero-order valence-corrected chi connectivity index (χ0v) is 7.97. The Hall–Kier alpha value is -1.96. The zero-order chi connectivity index (χ0) is 11.4. The molecule has 1 amide bonds. The first-order chi connectivity index (χ1) is 7.04. The van der Waals surface area contributed by atoms with Crippen LogP contribution in [0.1, 0.15) is 12.0 Å². The van der Waals surface area contributed by atoms with Crippen LogP contribution in [0.4, 0.5) is 14.5 Å². The van der Waals surface area contributed by atoms with E-state index in [0.29, 0.717) is 0 Å². The summed E-state index contributed by atoms with van der Waals surface area (Å²) in [4.78, 5) is 11.0. The smallest absolute Gasteiger partial charge is 0.238 e. The van der Waals surface area contributed by atoms with Gasteiger partial charge in [0.15, 0.2) is 0 Å². The molecule has 1 rings (SSSR count). The van der Waals surface area contributed by atoms with Crippen LogP contribution in [0.15, 0.2) is 12.1 Å². The predicted molar refractivity (Wildman–Crippen MR) is 50.0 cm³/mol. The highest BCUT2D eigenvalue weighted by molar-refractivity contribution is 5.92. The average molecular weight is 210 g/mol. The van der Waals surface area contributed by atoms with Crippen LogP contribution in [-0.4, -0.2) is 5.91 Å². The van der Waals surface area contributed by atoms with E-state index in [1.165, 1.54) is 6.92 Å². The van der Waals surface area contributed by atoms with Crippen molar-refractivity contribution in [1.29, 1.82) is 5.26 Å². The lowest BCUT2D eigenvalue weighted by molar-refractivity contribution is -0.115. The van der Waals surface area contributed by atoms with Gasteiger partial charge in [-0.2, -0.15) is 5.26 Å². The fourth-order valence-electron chi connectivity index (χ4n) is 1.04. The van der Waals surface area contributed by atoms with Crippen molar-refractivity contribution in [2.75, 3.05) is 5.32 Å². The van der Waals surface area contributed by atoms with Crippen molar-refractivity contribution < 1.29 is 13.6 Å². The van der Waals surface area contributed by atoms with Gasteiger partial charge in [0, 0.05) is 17.3 Å². The molecule has 0 aliphatic carbocycles. The van der Waals surface area contributed by atoms with Crippen LogP contribution >= 0.6 is 0 Å². The Morgan fingerprint density at radius 2 is 2.20 bits per heavy atom. The van der Waals surface area contributed by atoms with Crippen LogP contribution < -0.4 is 5.32 Å². The number of amides is 1. The van der Waals surface area contributed by atoms with Crippen molar-refractivity contribution in [2.45, 2.75) is 13.3 Å². The number of nitrogens with zero attached hydrogens (tertiary/aromatic N) is 1. The summed E-state index contributed by atoms with van der Waals surface area (Å²) >= 11 is 0. The fraction of sp³-hybridized carbons (Fsp3) is 0.200. The van der Waals surface area contributed by atoms with Gasteiger partial charge < -0.3 is 5.32 Å². The Labute approximate surface area is 85.3 Å². The van der Waals surface area contributed by atoms with E-state index in [4.69, 9.17) is 5.26 Å². The Bertz CT molecular complexity index is 438. The number of nitriles is 1. The molecule has 1 N–H and O–H groups in total. The molecule has 0 spiro atoms. The number of carbonyl (C=O) groups is 1. The standard InChI is InChI=1S/C10H8F2N2O/c1-6-8(12)4-7(11)5-9(6)14-10(15)2-3-13/h4-5H,2H2,1H3,(H,14,15). The van der Waals surface area contributed by atoms with E-state index in [0.717, 1.165) is 12.1 Å². The van der Waals surface area contributed by atoms with E-state index in [2.05, 4.69) is 5.32 Å². The Balaban J connectivity index is 2.95. The molecule has 0 radical (unpaired) electrons. The third-order valence-electron chi connectivity index (χ3n) is 1.82. The molecule has 78 valence electrons. The molecule has 0 aliphatic heterocycles. The topological polar surface area (TPSA) is 52.9 Å². The largest absolute Gasteiger partial charge is 0.325 e. The summed E-state index contributed by atoms with van der Waals surface area (Å²) in [6.07, 6.45) is -0.350. The van der Waals surface area contributed by atoms with Crippen molar-refractivity contribution in [2.24, 2.45) is 0 Å². The molecule has 0 unspecified atom stereocenters. The van der Waals surface area contributed by atoms with Gasteiger partial charge in [0.1, 0.15) is 18.1 Å². The molecule has 0 fully saturated rings. The molecule has 0 heterocycles. The highest BCUT2D eigenvalue weighted by Crippen LogP contribution is 2.19. The molecule has 5 heteroatoms. The molecule has 0 saturated heterocycles. The van der Waals surface area contributed by atoms with Crippen molar-refractivity contribution in [3.63, 3.8) is 0 Å². The van der Waals surface area contributed by atoms with E-state index >= 15 is 0 Å². The predicted octanol–water partition coefficient (Wildman–Crippen LogP) is 2.13.